The largest absolute Gasteiger partial charge is 0.471 e. The molecule has 6 rings (SSSR count). The lowest BCUT2D eigenvalue weighted by molar-refractivity contribution is -0.0214. The van der Waals surface area contributed by atoms with Crippen LogP contribution in [0.2, 0.25) is 0 Å². The number of benzene rings is 2. The van der Waals surface area contributed by atoms with Crippen LogP contribution in [0.3, 0.4) is 0 Å². The zero-order chi connectivity index (χ0) is 20.8. The molecule has 2 bridgehead atoms. The number of anilines is 3. The number of ether oxygens (including phenoxy) is 1. The fourth-order valence-corrected chi connectivity index (χ4v) is 3.99. The molecule has 3 N–H and O–H groups in total. The lowest BCUT2D eigenvalue weighted by atomic mass is 10.1. The van der Waals surface area contributed by atoms with E-state index in [1.54, 1.807) is 12.4 Å². The molecule has 31 heavy (non-hydrogen) atoms. The maximum Gasteiger partial charge on any atom is 0.351 e. The molecule has 8 heteroatoms. The van der Waals surface area contributed by atoms with Gasteiger partial charge >= 0.3 is 5.97 Å². The molecule has 1 fully saturated rings. The topological polar surface area (TPSA) is 83.0 Å². The van der Waals surface area contributed by atoms with Crippen LogP contribution in [-0.4, -0.2) is 23.9 Å². The van der Waals surface area contributed by atoms with Gasteiger partial charge in [-0.1, -0.05) is 12.1 Å². The summed E-state index contributed by atoms with van der Waals surface area (Å²) in [5, 5.41) is 6.71. The molecule has 8 nitrogen and oxygen atoms in total. The molecule has 1 aromatic heterocycles. The Bertz CT molecular complexity index is 1230. The van der Waals surface area contributed by atoms with E-state index in [1.165, 1.54) is 0 Å². The number of nitrogens with one attached hydrogen (secondary N) is 3. The van der Waals surface area contributed by atoms with E-state index >= 15 is 0 Å². The minimum Gasteiger partial charge on any atom is -0.471 e. The van der Waals surface area contributed by atoms with Gasteiger partial charge in [0.2, 0.25) is 0 Å². The number of aromatic nitrogens is 1. The normalized spacial score (nSPS) is 20.7. The second kappa shape index (κ2) is 6.75. The Hall–Kier alpha value is -4.04. The summed E-state index contributed by atoms with van der Waals surface area (Å²) in [4.78, 5) is 16.9. The molecule has 0 saturated carbocycles. The molecular formula is C23H20N6O2. The number of hydrogen-bond donors (Lipinski definition) is 3. The van der Waals surface area contributed by atoms with Gasteiger partial charge in [-0.15, -0.1) is 0 Å². The van der Waals surface area contributed by atoms with Gasteiger partial charge in [0.15, 0.2) is 6.73 Å². The number of hydrogen-bond acceptors (Lipinski definition) is 8. The van der Waals surface area contributed by atoms with Crippen molar-refractivity contribution >= 4 is 23.3 Å². The van der Waals surface area contributed by atoms with E-state index < -0.39 is 5.97 Å². The van der Waals surface area contributed by atoms with E-state index in [-0.39, 0.29) is 0 Å². The first-order valence-corrected chi connectivity index (χ1v) is 10.0. The summed E-state index contributed by atoms with van der Waals surface area (Å²) in [6, 6.07) is 18.1. The molecule has 1 unspecified atom stereocenters. The molecule has 154 valence electrons. The van der Waals surface area contributed by atoms with Crippen LogP contribution in [0.1, 0.15) is 6.92 Å². The van der Waals surface area contributed by atoms with Crippen molar-refractivity contribution in [2.24, 2.45) is 4.99 Å². The summed E-state index contributed by atoms with van der Waals surface area (Å²) in [6.07, 6.45) is 5.40. The number of aliphatic imine (C=N–C) groups is 1. The highest BCUT2D eigenvalue weighted by Crippen LogP contribution is 2.42. The van der Waals surface area contributed by atoms with E-state index in [1.807, 2.05) is 60.5 Å². The summed E-state index contributed by atoms with van der Waals surface area (Å²) >= 11 is 0. The number of nitrogens with zero attached hydrogens (tertiary/aromatic N) is 3. The van der Waals surface area contributed by atoms with Crippen LogP contribution >= 0.6 is 0 Å². The molecule has 2 aromatic carbocycles. The van der Waals surface area contributed by atoms with Crippen molar-refractivity contribution in [1.82, 2.24) is 10.5 Å². The van der Waals surface area contributed by atoms with Crippen molar-refractivity contribution in [2.45, 2.75) is 12.9 Å². The summed E-state index contributed by atoms with van der Waals surface area (Å²) in [5.74, 6) is 0.522. The Morgan fingerprint density at radius 1 is 1.06 bits per heavy atom. The smallest absolute Gasteiger partial charge is 0.351 e. The summed E-state index contributed by atoms with van der Waals surface area (Å²) in [6.45, 7) is 2.47. The average molecular weight is 412 g/mol. The quantitative estimate of drug-likeness (QED) is 0.600. The lowest BCUT2D eigenvalue weighted by Crippen LogP contribution is -2.51. The Morgan fingerprint density at radius 3 is 2.87 bits per heavy atom. The second-order valence-electron chi connectivity index (χ2n) is 7.53. The van der Waals surface area contributed by atoms with Gasteiger partial charge in [0.25, 0.3) is 0 Å². The SMILES string of the molecule is CC1=C2NOC(Nc3cccc(-c4ccncc4)c3)(N=C1)N2c1ccc2c(c1)NCO2. The molecule has 3 aliphatic heterocycles. The van der Waals surface area contributed by atoms with Crippen LogP contribution < -0.4 is 25.8 Å². The molecule has 1 saturated heterocycles. The van der Waals surface area contributed by atoms with Crippen LogP contribution in [0, 0.1) is 0 Å². The number of allylic oxidation sites excluding steroid dienone is 1. The molecule has 0 amide bonds. The fourth-order valence-electron chi connectivity index (χ4n) is 3.99. The second-order valence-corrected chi connectivity index (χ2v) is 7.53. The first-order chi connectivity index (χ1) is 15.2. The minimum absolute atomic E-state index is 0.471. The summed E-state index contributed by atoms with van der Waals surface area (Å²) in [5.41, 5.74) is 8.94. The van der Waals surface area contributed by atoms with Gasteiger partial charge < -0.3 is 15.4 Å². The zero-order valence-electron chi connectivity index (χ0n) is 16.8. The number of rotatable bonds is 4. The van der Waals surface area contributed by atoms with Gasteiger partial charge in [0.1, 0.15) is 11.6 Å². The van der Waals surface area contributed by atoms with E-state index in [2.05, 4.69) is 33.2 Å². The predicted octanol–water partition coefficient (Wildman–Crippen LogP) is 3.89. The zero-order valence-corrected chi connectivity index (χ0v) is 16.8. The third-order valence-corrected chi connectivity index (χ3v) is 5.52. The van der Waals surface area contributed by atoms with Crippen LogP contribution in [0.5, 0.6) is 5.75 Å². The summed E-state index contributed by atoms with van der Waals surface area (Å²) in [7, 11) is 0. The number of hydroxylamine groups is 1. The van der Waals surface area contributed by atoms with Crippen LogP contribution in [0.25, 0.3) is 11.1 Å². The minimum atomic E-state index is -1.15. The van der Waals surface area contributed by atoms with E-state index in [4.69, 9.17) is 14.6 Å². The lowest BCUT2D eigenvalue weighted by Gasteiger charge is -2.36. The maximum atomic E-state index is 6.02. The van der Waals surface area contributed by atoms with Gasteiger partial charge in [-0.05, 0) is 60.5 Å². The number of pyridine rings is 1. The van der Waals surface area contributed by atoms with Crippen molar-refractivity contribution in [1.29, 1.82) is 0 Å². The Balaban J connectivity index is 1.39. The average Bonchev–Trinajstić information content (AvgIpc) is 3.39. The van der Waals surface area contributed by atoms with Gasteiger partial charge in [-0.25, -0.2) is 15.3 Å². The first-order valence-electron chi connectivity index (χ1n) is 10.0. The fraction of sp³-hybridized carbons (Fsp3) is 0.130. The Kier molecular flexibility index (Phi) is 3.87. The van der Waals surface area contributed by atoms with E-state index in [0.717, 1.165) is 45.3 Å². The van der Waals surface area contributed by atoms with E-state index in [0.29, 0.717) is 6.73 Å². The molecule has 3 aromatic rings. The highest BCUT2D eigenvalue weighted by molar-refractivity contribution is 5.85. The van der Waals surface area contributed by atoms with Crippen molar-refractivity contribution in [3.63, 3.8) is 0 Å². The van der Waals surface area contributed by atoms with Gasteiger partial charge in [0.05, 0.1) is 11.4 Å². The molecule has 0 radical (unpaired) electrons. The molecule has 0 aliphatic carbocycles. The first kappa shape index (κ1) is 17.8. The van der Waals surface area contributed by atoms with Crippen molar-refractivity contribution < 1.29 is 9.57 Å². The van der Waals surface area contributed by atoms with Gasteiger partial charge in [-0.2, -0.15) is 0 Å². The molecule has 1 atom stereocenters. The molecule has 4 heterocycles. The van der Waals surface area contributed by atoms with Crippen LogP contribution in [-0.2, 0) is 4.84 Å². The highest BCUT2D eigenvalue weighted by atomic mass is 16.7. The third kappa shape index (κ3) is 2.88. The van der Waals surface area contributed by atoms with Gasteiger partial charge in [0, 0.05) is 29.9 Å². The Morgan fingerprint density at radius 2 is 1.97 bits per heavy atom. The standard InChI is InChI=1S/C23H20N6O2/c1-15-13-26-23(27-18-4-2-3-17(11-18)16-7-9-24-10-8-16)29(22(15)28-31-23)19-5-6-21-20(12-19)25-14-30-21/h2-13,25,27-28H,14H2,1H3. The van der Waals surface area contributed by atoms with Crippen molar-refractivity contribution in [3.05, 3.63) is 78.4 Å². The number of fused-ring (bicyclic) bond motifs is 3. The van der Waals surface area contributed by atoms with Crippen LogP contribution in [0.15, 0.2) is 83.4 Å². The highest BCUT2D eigenvalue weighted by Gasteiger charge is 2.49. The van der Waals surface area contributed by atoms with Crippen LogP contribution in [0.4, 0.5) is 17.1 Å². The van der Waals surface area contributed by atoms with Gasteiger partial charge in [-0.3, -0.25) is 9.88 Å². The van der Waals surface area contributed by atoms with Crippen molar-refractivity contribution in [3.8, 4) is 16.9 Å². The van der Waals surface area contributed by atoms with Crippen molar-refractivity contribution in [2.75, 3.05) is 22.3 Å². The van der Waals surface area contributed by atoms with E-state index in [9.17, 15) is 0 Å². The predicted molar refractivity (Wildman–Crippen MR) is 119 cm³/mol. The third-order valence-electron chi connectivity index (χ3n) is 5.52. The molecule has 3 aliphatic rings. The summed E-state index contributed by atoms with van der Waals surface area (Å²) < 4.78 is 5.57. The molecular weight excluding hydrogens is 392 g/mol. The Labute approximate surface area is 179 Å². The maximum absolute atomic E-state index is 6.02. The molecule has 0 spiro atoms. The monoisotopic (exact) mass is 412 g/mol.